The predicted molar refractivity (Wildman–Crippen MR) is 133 cm³/mol. The summed E-state index contributed by atoms with van der Waals surface area (Å²) in [6.07, 6.45) is 2.71. The highest BCUT2D eigenvalue weighted by atomic mass is 32.2. The molecule has 1 N–H and O–H groups in total. The molecule has 0 spiro atoms. The molecule has 188 valence electrons. The molecule has 0 saturated carbocycles. The number of rotatable bonds is 9. The Bertz CT molecular complexity index is 1080. The summed E-state index contributed by atoms with van der Waals surface area (Å²) in [7, 11) is 4.53. The molecule has 0 aliphatic carbocycles. The quantitative estimate of drug-likeness (QED) is 0.513. The minimum atomic E-state index is -0.595. The van der Waals surface area contributed by atoms with Gasteiger partial charge in [-0.25, -0.2) is 9.79 Å². The van der Waals surface area contributed by atoms with Crippen LogP contribution in [0.3, 0.4) is 0 Å². The Morgan fingerprint density at radius 3 is 2.74 bits per heavy atom. The fraction of sp³-hybridized carbons (Fsp3) is 0.480. The number of allylic oxidation sites excluding steroid dienone is 1. The van der Waals surface area contributed by atoms with E-state index in [-0.39, 0.29) is 18.4 Å². The second kappa shape index (κ2) is 11.2. The summed E-state index contributed by atoms with van der Waals surface area (Å²) in [5.41, 5.74) is 2.52. The molecule has 0 aromatic heterocycles. The van der Waals surface area contributed by atoms with Crippen molar-refractivity contribution >= 4 is 28.8 Å². The second-order valence-electron chi connectivity index (χ2n) is 8.32. The number of carbonyl (C=O) groups excluding carboxylic acids is 2. The largest absolute Gasteiger partial charge is 0.497 e. The third kappa shape index (κ3) is 5.18. The normalized spacial score (nSPS) is 21.3. The van der Waals surface area contributed by atoms with E-state index >= 15 is 0 Å². The van der Waals surface area contributed by atoms with Crippen LogP contribution in [0.15, 0.2) is 45.6 Å². The van der Waals surface area contributed by atoms with Gasteiger partial charge in [-0.3, -0.25) is 4.79 Å². The summed E-state index contributed by atoms with van der Waals surface area (Å²) in [5.74, 6) is 0.625. The first-order chi connectivity index (χ1) is 17.0. The summed E-state index contributed by atoms with van der Waals surface area (Å²) >= 11 is 1.43. The number of fused-ring (bicyclic) bond motifs is 1. The van der Waals surface area contributed by atoms with Gasteiger partial charge in [-0.2, -0.15) is 0 Å². The van der Waals surface area contributed by atoms with Gasteiger partial charge in [-0.05, 0) is 42.9 Å². The zero-order valence-electron chi connectivity index (χ0n) is 20.5. The van der Waals surface area contributed by atoms with Crippen LogP contribution in [0.5, 0.6) is 11.5 Å². The number of nitrogens with one attached hydrogen (secondary N) is 1. The second-order valence-corrected chi connectivity index (χ2v) is 9.16. The van der Waals surface area contributed by atoms with E-state index in [2.05, 4.69) is 5.32 Å². The van der Waals surface area contributed by atoms with Crippen molar-refractivity contribution in [1.29, 1.82) is 0 Å². The number of ether oxygens (including phenoxy) is 4. The molecule has 9 nitrogen and oxygen atoms in total. The number of amides is 1. The molecule has 1 aromatic carbocycles. The van der Waals surface area contributed by atoms with Gasteiger partial charge in [0, 0.05) is 24.4 Å². The van der Waals surface area contributed by atoms with Gasteiger partial charge in [0.2, 0.25) is 5.91 Å². The van der Waals surface area contributed by atoms with Crippen LogP contribution in [-0.4, -0.2) is 62.5 Å². The Labute approximate surface area is 209 Å². The Balaban J connectivity index is 1.70. The Hall–Kier alpha value is -2.98. The maximum Gasteiger partial charge on any atom is 0.338 e. The number of thioether (sulfide) groups is 1. The molecule has 35 heavy (non-hydrogen) atoms. The molecule has 1 fully saturated rings. The monoisotopic (exact) mass is 501 g/mol. The van der Waals surface area contributed by atoms with Crippen LogP contribution in [0.2, 0.25) is 0 Å². The van der Waals surface area contributed by atoms with Crippen LogP contribution in [0, 0.1) is 0 Å². The average Bonchev–Trinajstić information content (AvgIpc) is 3.55. The number of hydrogen-bond acceptors (Lipinski definition) is 9. The van der Waals surface area contributed by atoms with E-state index in [1.807, 2.05) is 23.3 Å². The lowest BCUT2D eigenvalue weighted by Crippen LogP contribution is -2.39. The molecule has 3 heterocycles. The van der Waals surface area contributed by atoms with Crippen molar-refractivity contribution in [2.45, 2.75) is 44.8 Å². The number of aliphatic imine (C=N–C) groups is 1. The van der Waals surface area contributed by atoms with Crippen LogP contribution in [0.4, 0.5) is 0 Å². The van der Waals surface area contributed by atoms with E-state index in [0.29, 0.717) is 40.9 Å². The highest BCUT2D eigenvalue weighted by Gasteiger charge is 2.42. The Morgan fingerprint density at radius 2 is 2.09 bits per heavy atom. The summed E-state index contributed by atoms with van der Waals surface area (Å²) in [6.45, 7) is 3.17. The number of methoxy groups -OCH3 is 3. The van der Waals surface area contributed by atoms with Gasteiger partial charge in [-0.15, -0.1) is 0 Å². The molecular weight excluding hydrogens is 470 g/mol. The van der Waals surface area contributed by atoms with Crippen LogP contribution >= 0.6 is 11.8 Å². The van der Waals surface area contributed by atoms with Crippen molar-refractivity contribution in [2.24, 2.45) is 4.99 Å². The molecule has 0 bridgehead atoms. The maximum absolute atomic E-state index is 13.1. The Kier molecular flexibility index (Phi) is 8.02. The molecule has 2 atom stereocenters. The van der Waals surface area contributed by atoms with Crippen LogP contribution in [0.1, 0.15) is 44.2 Å². The van der Waals surface area contributed by atoms with Gasteiger partial charge >= 0.3 is 5.97 Å². The van der Waals surface area contributed by atoms with Gasteiger partial charge in [0.1, 0.15) is 11.5 Å². The van der Waals surface area contributed by atoms with Crippen molar-refractivity contribution in [1.82, 2.24) is 10.2 Å². The number of amidine groups is 1. The topological polar surface area (TPSA) is 98.7 Å². The lowest BCUT2D eigenvalue weighted by molar-refractivity contribution is -0.136. The highest BCUT2D eigenvalue weighted by molar-refractivity contribution is 8.16. The number of nitrogens with zero attached hydrogens (tertiary/aromatic N) is 2. The Morgan fingerprint density at radius 1 is 1.26 bits per heavy atom. The van der Waals surface area contributed by atoms with E-state index in [1.165, 1.54) is 18.9 Å². The molecule has 10 heteroatoms. The molecule has 0 unspecified atom stereocenters. The van der Waals surface area contributed by atoms with Gasteiger partial charge in [0.15, 0.2) is 5.17 Å². The summed E-state index contributed by atoms with van der Waals surface area (Å²) in [6, 6.07) is 4.86. The standard InChI is InChI=1S/C25H31N3O6S/c1-5-19-22(24(30)33-4)23(18-12-16(31-2)8-9-20(18)32-3)28-15(14-35-25(28)27-19)11-21(29)26-13-17-7-6-10-34-17/h8-9,12,14,17,23H,5-7,10-11,13H2,1-4H3,(H,26,29)/t17-,23+/m1/s1. The summed E-state index contributed by atoms with van der Waals surface area (Å²) in [5, 5.41) is 5.59. The average molecular weight is 502 g/mol. The first kappa shape index (κ1) is 25.1. The molecule has 1 aromatic rings. The van der Waals surface area contributed by atoms with Crippen molar-refractivity contribution in [3.63, 3.8) is 0 Å². The van der Waals surface area contributed by atoms with Gasteiger partial charge in [0.25, 0.3) is 0 Å². The predicted octanol–water partition coefficient (Wildman–Crippen LogP) is 3.53. The van der Waals surface area contributed by atoms with Crippen molar-refractivity contribution in [2.75, 3.05) is 34.5 Å². The third-order valence-corrected chi connectivity index (χ3v) is 7.14. The van der Waals surface area contributed by atoms with Crippen LogP contribution in [0.25, 0.3) is 0 Å². The number of carbonyl (C=O) groups is 2. The van der Waals surface area contributed by atoms with Crippen LogP contribution < -0.4 is 14.8 Å². The lowest BCUT2D eigenvalue weighted by Gasteiger charge is -2.37. The summed E-state index contributed by atoms with van der Waals surface area (Å²) < 4.78 is 21.9. The fourth-order valence-electron chi connectivity index (χ4n) is 4.52. The summed E-state index contributed by atoms with van der Waals surface area (Å²) in [4.78, 5) is 32.6. The molecule has 1 saturated heterocycles. The minimum absolute atomic E-state index is 0.0627. The zero-order chi connectivity index (χ0) is 24.9. The van der Waals surface area contributed by atoms with Gasteiger partial charge in [0.05, 0.1) is 51.2 Å². The van der Waals surface area contributed by atoms with E-state index in [9.17, 15) is 9.59 Å². The first-order valence-electron chi connectivity index (χ1n) is 11.7. The smallest absolute Gasteiger partial charge is 0.338 e. The fourth-order valence-corrected chi connectivity index (χ4v) is 5.46. The van der Waals surface area contributed by atoms with E-state index in [1.54, 1.807) is 26.4 Å². The maximum atomic E-state index is 13.1. The molecule has 0 radical (unpaired) electrons. The SMILES string of the molecule is CCC1=C(C(=O)OC)[C@H](c2cc(OC)ccc2OC)N2C(CC(=O)NC[C@H]3CCCO3)=CSC2=N1. The first-order valence-corrected chi connectivity index (χ1v) is 12.5. The molecule has 1 amide bonds. The van der Waals surface area contributed by atoms with Crippen molar-refractivity contribution in [3.05, 3.63) is 46.1 Å². The number of hydrogen-bond donors (Lipinski definition) is 1. The van der Waals surface area contributed by atoms with Gasteiger partial charge < -0.3 is 29.2 Å². The highest BCUT2D eigenvalue weighted by Crippen LogP contribution is 2.48. The lowest BCUT2D eigenvalue weighted by atomic mass is 9.92. The number of benzene rings is 1. The van der Waals surface area contributed by atoms with Crippen molar-refractivity contribution < 1.29 is 28.5 Å². The zero-order valence-corrected chi connectivity index (χ0v) is 21.3. The number of esters is 1. The third-order valence-electron chi connectivity index (χ3n) is 6.25. The van der Waals surface area contributed by atoms with Gasteiger partial charge in [-0.1, -0.05) is 18.7 Å². The molecule has 3 aliphatic heterocycles. The van der Waals surface area contributed by atoms with E-state index < -0.39 is 12.0 Å². The van der Waals surface area contributed by atoms with Crippen LogP contribution in [-0.2, 0) is 19.1 Å². The molecule has 3 aliphatic rings. The molecule has 4 rings (SSSR count). The van der Waals surface area contributed by atoms with E-state index in [4.69, 9.17) is 23.9 Å². The molecular formula is C25H31N3O6S. The van der Waals surface area contributed by atoms with Crippen molar-refractivity contribution in [3.8, 4) is 11.5 Å². The minimum Gasteiger partial charge on any atom is -0.497 e. The van der Waals surface area contributed by atoms with E-state index in [0.717, 1.165) is 30.7 Å².